The van der Waals surface area contributed by atoms with Gasteiger partial charge in [0.05, 0.1) is 22.2 Å². The van der Waals surface area contributed by atoms with Crippen LogP contribution >= 0.6 is 23.7 Å². The maximum Gasteiger partial charge on any atom is 0.260 e. The lowest BCUT2D eigenvalue weighted by molar-refractivity contribution is 0.0985. The molecular weight excluding hydrogens is 508 g/mol. The Morgan fingerprint density at radius 2 is 1.71 bits per heavy atom. The molecule has 0 spiro atoms. The molecule has 0 saturated heterocycles. The molecule has 0 N–H and O–H groups in total. The number of methoxy groups -OCH3 is 1. The van der Waals surface area contributed by atoms with E-state index in [0.717, 1.165) is 23.1 Å². The summed E-state index contributed by atoms with van der Waals surface area (Å²) >= 11 is 1.44. The summed E-state index contributed by atoms with van der Waals surface area (Å²) in [4.78, 5) is 22.0. The van der Waals surface area contributed by atoms with Crippen LogP contribution in [0.15, 0.2) is 47.4 Å². The average molecular weight is 541 g/mol. The Morgan fingerprint density at radius 1 is 1.03 bits per heavy atom. The summed E-state index contributed by atoms with van der Waals surface area (Å²) in [6.45, 7) is 3.58. The van der Waals surface area contributed by atoms with E-state index in [2.05, 4.69) is 4.98 Å². The molecule has 192 valence electrons. The average Bonchev–Trinajstić information content (AvgIpc) is 3.25. The number of benzene rings is 2. The molecule has 3 aromatic rings. The molecule has 0 aliphatic carbocycles. The van der Waals surface area contributed by atoms with Crippen LogP contribution in [0.3, 0.4) is 0 Å². The molecular formula is C24H33ClN4O4S2. The van der Waals surface area contributed by atoms with Crippen molar-refractivity contribution in [1.82, 2.24) is 14.2 Å². The maximum absolute atomic E-state index is 13.5. The highest BCUT2D eigenvalue weighted by Crippen LogP contribution is 2.32. The minimum atomic E-state index is -3.59. The number of hydrogen-bond acceptors (Lipinski definition) is 7. The van der Waals surface area contributed by atoms with E-state index in [4.69, 9.17) is 4.74 Å². The standard InChI is InChI=1S/C24H32N4O4S2.ClH/c1-6-7-14-27(4)34(30,31)20-11-8-18(9-12-20)23(29)28(16-15-26(2)3)24-25-21-17-19(32-5)10-13-22(21)33-24;/h8-13,17H,6-7,14-16H2,1-5H3;1H. The van der Waals surface area contributed by atoms with Crippen LogP contribution in [0.25, 0.3) is 10.2 Å². The number of aromatic nitrogens is 1. The first-order chi connectivity index (χ1) is 16.2. The van der Waals surface area contributed by atoms with Crippen LogP contribution in [0.4, 0.5) is 5.13 Å². The predicted molar refractivity (Wildman–Crippen MR) is 145 cm³/mol. The Morgan fingerprint density at radius 3 is 2.31 bits per heavy atom. The zero-order valence-corrected chi connectivity index (χ0v) is 23.2. The van der Waals surface area contributed by atoms with Crippen molar-refractivity contribution in [1.29, 1.82) is 0 Å². The summed E-state index contributed by atoms with van der Waals surface area (Å²) in [5, 5.41) is 0.589. The number of amides is 1. The molecule has 0 bridgehead atoms. The monoisotopic (exact) mass is 540 g/mol. The second-order valence-electron chi connectivity index (χ2n) is 8.29. The SMILES string of the molecule is CCCCN(C)S(=O)(=O)c1ccc(C(=O)N(CCN(C)C)c2nc3cc(OC)ccc3s2)cc1.Cl. The van der Waals surface area contributed by atoms with E-state index in [1.54, 1.807) is 31.2 Å². The molecule has 0 saturated carbocycles. The van der Waals surface area contributed by atoms with Crippen LogP contribution in [0.5, 0.6) is 5.75 Å². The van der Waals surface area contributed by atoms with Crippen LogP contribution in [-0.2, 0) is 10.0 Å². The number of sulfonamides is 1. The summed E-state index contributed by atoms with van der Waals surface area (Å²) in [5.74, 6) is 0.479. The number of anilines is 1. The van der Waals surface area contributed by atoms with E-state index in [0.29, 0.717) is 36.1 Å². The van der Waals surface area contributed by atoms with Gasteiger partial charge in [0.2, 0.25) is 10.0 Å². The Labute approximate surface area is 218 Å². The number of carbonyl (C=O) groups excluding carboxylic acids is 1. The Hall–Kier alpha value is -2.24. The number of fused-ring (bicyclic) bond motifs is 1. The number of nitrogens with zero attached hydrogens (tertiary/aromatic N) is 4. The van der Waals surface area contributed by atoms with Gasteiger partial charge in [0.1, 0.15) is 5.75 Å². The maximum atomic E-state index is 13.5. The topological polar surface area (TPSA) is 83.1 Å². The molecule has 8 nitrogen and oxygen atoms in total. The quantitative estimate of drug-likeness (QED) is 0.359. The predicted octanol–water partition coefficient (Wildman–Crippen LogP) is 4.36. The van der Waals surface area contributed by atoms with Crippen LogP contribution in [-0.4, -0.2) is 76.4 Å². The van der Waals surface area contributed by atoms with Crippen LogP contribution in [0.2, 0.25) is 0 Å². The summed E-state index contributed by atoms with van der Waals surface area (Å²) in [7, 11) is 3.48. The van der Waals surface area contributed by atoms with Gasteiger partial charge in [-0.2, -0.15) is 0 Å². The third-order valence-electron chi connectivity index (χ3n) is 5.47. The fourth-order valence-electron chi connectivity index (χ4n) is 3.33. The fourth-order valence-corrected chi connectivity index (χ4v) is 5.51. The lowest BCUT2D eigenvalue weighted by atomic mass is 10.2. The second-order valence-corrected chi connectivity index (χ2v) is 11.3. The number of unbranched alkanes of at least 4 members (excludes halogenated alkanes) is 1. The van der Waals surface area contributed by atoms with Crippen molar-refractivity contribution in [2.24, 2.45) is 0 Å². The van der Waals surface area contributed by atoms with Crippen LogP contribution in [0, 0.1) is 0 Å². The Bertz CT molecular complexity index is 1230. The van der Waals surface area contributed by atoms with Gasteiger partial charge in [-0.25, -0.2) is 17.7 Å². The smallest absolute Gasteiger partial charge is 0.260 e. The third kappa shape index (κ3) is 6.92. The van der Waals surface area contributed by atoms with Gasteiger partial charge in [0.15, 0.2) is 5.13 Å². The minimum absolute atomic E-state index is 0. The number of halogens is 1. The van der Waals surface area contributed by atoms with E-state index >= 15 is 0 Å². The highest BCUT2D eigenvalue weighted by molar-refractivity contribution is 7.89. The summed E-state index contributed by atoms with van der Waals surface area (Å²) in [6.07, 6.45) is 1.70. The summed E-state index contributed by atoms with van der Waals surface area (Å²) in [5.41, 5.74) is 1.17. The molecule has 1 heterocycles. The van der Waals surface area contributed by atoms with Gasteiger partial charge < -0.3 is 9.64 Å². The van der Waals surface area contributed by atoms with E-state index in [1.165, 1.54) is 27.8 Å². The van der Waals surface area contributed by atoms with Gasteiger partial charge in [0.25, 0.3) is 5.91 Å². The first-order valence-electron chi connectivity index (χ1n) is 11.1. The van der Waals surface area contributed by atoms with Crippen molar-refractivity contribution >= 4 is 55.0 Å². The highest BCUT2D eigenvalue weighted by atomic mass is 35.5. The van der Waals surface area contributed by atoms with E-state index in [1.807, 2.05) is 44.1 Å². The van der Waals surface area contributed by atoms with Crippen molar-refractivity contribution in [2.45, 2.75) is 24.7 Å². The largest absolute Gasteiger partial charge is 0.497 e. The molecule has 35 heavy (non-hydrogen) atoms. The molecule has 0 atom stereocenters. The van der Waals surface area contributed by atoms with Gasteiger partial charge >= 0.3 is 0 Å². The van der Waals surface area contributed by atoms with E-state index in [-0.39, 0.29) is 23.2 Å². The molecule has 11 heteroatoms. The van der Waals surface area contributed by atoms with Crippen LogP contribution < -0.4 is 9.64 Å². The lowest BCUT2D eigenvalue weighted by Crippen LogP contribution is -2.36. The number of likely N-dealkylation sites (N-methyl/N-ethyl adjacent to an activating group) is 1. The van der Waals surface area contributed by atoms with Gasteiger partial charge in [0, 0.05) is 38.3 Å². The zero-order valence-electron chi connectivity index (χ0n) is 20.7. The van der Waals surface area contributed by atoms with Crippen molar-refractivity contribution < 1.29 is 17.9 Å². The van der Waals surface area contributed by atoms with Crippen molar-refractivity contribution in [3.63, 3.8) is 0 Å². The molecule has 2 aromatic carbocycles. The molecule has 0 unspecified atom stereocenters. The van der Waals surface area contributed by atoms with Crippen molar-refractivity contribution in [3.8, 4) is 5.75 Å². The third-order valence-corrected chi connectivity index (χ3v) is 8.40. The fraction of sp³-hybridized carbons (Fsp3) is 0.417. The molecule has 0 radical (unpaired) electrons. The molecule has 0 aliphatic heterocycles. The lowest BCUT2D eigenvalue weighted by Gasteiger charge is -2.22. The number of carbonyl (C=O) groups is 1. The van der Waals surface area contributed by atoms with Crippen molar-refractivity contribution in [3.05, 3.63) is 48.0 Å². The first kappa shape index (κ1) is 29.0. The first-order valence-corrected chi connectivity index (χ1v) is 13.4. The van der Waals surface area contributed by atoms with Gasteiger partial charge in [-0.15, -0.1) is 12.4 Å². The second kappa shape index (κ2) is 12.6. The Balaban J connectivity index is 0.00000432. The van der Waals surface area contributed by atoms with Gasteiger partial charge in [-0.05, 0) is 56.9 Å². The molecule has 1 amide bonds. The summed E-state index contributed by atoms with van der Waals surface area (Å²) in [6, 6.07) is 11.8. The minimum Gasteiger partial charge on any atom is -0.497 e. The van der Waals surface area contributed by atoms with Gasteiger partial charge in [-0.3, -0.25) is 9.69 Å². The molecule has 0 fully saturated rings. The summed E-state index contributed by atoms with van der Waals surface area (Å²) < 4.78 is 33.2. The molecule has 1 aromatic heterocycles. The number of rotatable bonds is 11. The molecule has 0 aliphatic rings. The van der Waals surface area contributed by atoms with Gasteiger partial charge in [-0.1, -0.05) is 24.7 Å². The Kier molecular flexibility index (Phi) is 10.5. The van der Waals surface area contributed by atoms with Crippen LogP contribution in [0.1, 0.15) is 30.1 Å². The van der Waals surface area contributed by atoms with E-state index < -0.39 is 10.0 Å². The van der Waals surface area contributed by atoms with E-state index in [9.17, 15) is 13.2 Å². The highest BCUT2D eigenvalue weighted by Gasteiger charge is 2.24. The number of ether oxygens (including phenoxy) is 1. The zero-order chi connectivity index (χ0) is 24.9. The molecule has 3 rings (SSSR count). The number of thiazole rings is 1. The normalized spacial score (nSPS) is 11.6. The van der Waals surface area contributed by atoms with Crippen molar-refractivity contribution in [2.75, 3.05) is 52.8 Å². The number of hydrogen-bond donors (Lipinski definition) is 0.